The Morgan fingerprint density at radius 1 is 1.07 bits per heavy atom. The van der Waals surface area contributed by atoms with Crippen molar-refractivity contribution in [2.75, 3.05) is 19.5 Å². The number of para-hydroxylation sites is 1. The summed E-state index contributed by atoms with van der Waals surface area (Å²) in [5.74, 6) is -0.173. The topological polar surface area (TPSA) is 80.7 Å². The number of esters is 1. The number of nitrogens with one attached hydrogen (secondary N) is 1. The second-order valence-corrected chi connectivity index (χ2v) is 6.73. The van der Waals surface area contributed by atoms with Crippen LogP contribution in [0.25, 0.3) is 0 Å². The van der Waals surface area contributed by atoms with Gasteiger partial charge in [0.05, 0.1) is 20.3 Å². The molecule has 1 heterocycles. The van der Waals surface area contributed by atoms with Gasteiger partial charge in [0.2, 0.25) is 5.60 Å². The molecule has 0 aliphatic heterocycles. The minimum absolute atomic E-state index is 0.248. The Bertz CT molecular complexity index is 949. The standard InChI is InChI=1S/C22H21ClN2O4/c1-28-18-11-8-15(9-12-18)20(25-17-6-4-3-5-7-17)22(27,21(26)29-2)16-10-13-19(23)24-14-16/h3-14,20,25,27H,1-2H3. The molecule has 0 spiro atoms. The highest BCUT2D eigenvalue weighted by atomic mass is 35.5. The SMILES string of the molecule is COC(=O)C(O)(c1ccc(Cl)nc1)C(Nc1ccccc1)c1ccc(OC)cc1. The number of anilines is 1. The third-order valence-electron chi connectivity index (χ3n) is 4.62. The molecule has 0 aliphatic carbocycles. The van der Waals surface area contributed by atoms with Gasteiger partial charge < -0.3 is 19.9 Å². The largest absolute Gasteiger partial charge is 0.497 e. The van der Waals surface area contributed by atoms with Crippen molar-refractivity contribution in [1.82, 2.24) is 4.98 Å². The number of carbonyl (C=O) groups excluding carboxylic acids is 1. The number of ether oxygens (including phenoxy) is 2. The van der Waals surface area contributed by atoms with Crippen molar-refractivity contribution < 1.29 is 19.4 Å². The van der Waals surface area contributed by atoms with Crippen molar-refractivity contribution in [3.05, 3.63) is 89.2 Å². The molecule has 0 amide bonds. The van der Waals surface area contributed by atoms with E-state index in [1.54, 1.807) is 37.4 Å². The van der Waals surface area contributed by atoms with Crippen LogP contribution in [0.15, 0.2) is 72.9 Å². The molecule has 0 bridgehead atoms. The normalized spacial score (nSPS) is 13.8. The Morgan fingerprint density at radius 2 is 1.76 bits per heavy atom. The average Bonchev–Trinajstić information content (AvgIpc) is 2.77. The predicted molar refractivity (Wildman–Crippen MR) is 111 cm³/mol. The Labute approximate surface area is 174 Å². The number of rotatable bonds is 7. The fourth-order valence-electron chi connectivity index (χ4n) is 3.09. The first-order chi connectivity index (χ1) is 14.0. The van der Waals surface area contributed by atoms with Crippen LogP contribution in [0, 0.1) is 0 Å². The lowest BCUT2D eigenvalue weighted by Gasteiger charge is -2.35. The fourth-order valence-corrected chi connectivity index (χ4v) is 3.20. The van der Waals surface area contributed by atoms with Crippen LogP contribution in [0.2, 0.25) is 5.15 Å². The molecule has 2 N–H and O–H groups in total. The molecule has 2 unspecified atom stereocenters. The molecule has 150 valence electrons. The van der Waals surface area contributed by atoms with Crippen LogP contribution in [-0.2, 0) is 15.1 Å². The fraction of sp³-hybridized carbons (Fsp3) is 0.182. The van der Waals surface area contributed by atoms with E-state index in [1.807, 2.05) is 30.3 Å². The van der Waals surface area contributed by atoms with E-state index in [4.69, 9.17) is 21.1 Å². The van der Waals surface area contributed by atoms with Crippen LogP contribution < -0.4 is 10.1 Å². The second kappa shape index (κ2) is 8.94. The highest BCUT2D eigenvalue weighted by molar-refractivity contribution is 6.29. The van der Waals surface area contributed by atoms with Crippen molar-refractivity contribution in [2.24, 2.45) is 0 Å². The van der Waals surface area contributed by atoms with Crippen LogP contribution in [0.4, 0.5) is 5.69 Å². The molecule has 0 radical (unpaired) electrons. The molecule has 29 heavy (non-hydrogen) atoms. The van der Waals surface area contributed by atoms with Crippen molar-refractivity contribution in [3.63, 3.8) is 0 Å². The van der Waals surface area contributed by atoms with Gasteiger partial charge in [-0.3, -0.25) is 0 Å². The zero-order chi connectivity index (χ0) is 20.9. The van der Waals surface area contributed by atoms with E-state index in [0.29, 0.717) is 11.3 Å². The summed E-state index contributed by atoms with van der Waals surface area (Å²) < 4.78 is 10.2. The number of aliphatic hydroxyl groups is 1. The van der Waals surface area contributed by atoms with E-state index in [9.17, 15) is 9.90 Å². The molecule has 2 aromatic carbocycles. The summed E-state index contributed by atoms with van der Waals surface area (Å²) >= 11 is 5.90. The van der Waals surface area contributed by atoms with E-state index in [2.05, 4.69) is 10.3 Å². The van der Waals surface area contributed by atoms with E-state index < -0.39 is 17.6 Å². The highest BCUT2D eigenvalue weighted by Gasteiger charge is 2.48. The molecular formula is C22H21ClN2O4. The van der Waals surface area contributed by atoms with Crippen LogP contribution in [0.1, 0.15) is 17.2 Å². The maximum absolute atomic E-state index is 12.8. The van der Waals surface area contributed by atoms with Gasteiger partial charge in [-0.05, 0) is 35.9 Å². The first-order valence-electron chi connectivity index (χ1n) is 8.87. The number of benzene rings is 2. The first-order valence-corrected chi connectivity index (χ1v) is 9.25. The molecule has 0 aliphatic rings. The van der Waals surface area contributed by atoms with Gasteiger partial charge in [-0.1, -0.05) is 48.0 Å². The van der Waals surface area contributed by atoms with Crippen LogP contribution in [-0.4, -0.2) is 30.3 Å². The minimum Gasteiger partial charge on any atom is -0.497 e. The number of aromatic nitrogens is 1. The first kappa shape index (κ1) is 20.6. The van der Waals surface area contributed by atoms with E-state index >= 15 is 0 Å². The van der Waals surface area contributed by atoms with Crippen molar-refractivity contribution in [3.8, 4) is 5.75 Å². The van der Waals surface area contributed by atoms with Crippen molar-refractivity contribution in [1.29, 1.82) is 0 Å². The van der Waals surface area contributed by atoms with E-state index in [1.165, 1.54) is 19.4 Å². The zero-order valence-electron chi connectivity index (χ0n) is 16.0. The lowest BCUT2D eigenvalue weighted by molar-refractivity contribution is -0.165. The van der Waals surface area contributed by atoms with Crippen LogP contribution >= 0.6 is 11.6 Å². The Hall–Kier alpha value is -3.09. The summed E-state index contributed by atoms with van der Waals surface area (Å²) in [6, 6.07) is 18.5. The molecule has 0 saturated carbocycles. The quantitative estimate of drug-likeness (QED) is 0.451. The smallest absolute Gasteiger partial charge is 0.345 e. The van der Waals surface area contributed by atoms with Gasteiger partial charge in [-0.2, -0.15) is 0 Å². The maximum atomic E-state index is 12.8. The van der Waals surface area contributed by atoms with Crippen LogP contribution in [0.5, 0.6) is 5.75 Å². The summed E-state index contributed by atoms with van der Waals surface area (Å²) in [4.78, 5) is 16.9. The van der Waals surface area contributed by atoms with Crippen LogP contribution in [0.3, 0.4) is 0 Å². The molecule has 3 rings (SSSR count). The van der Waals surface area contributed by atoms with Gasteiger partial charge in [0, 0.05) is 17.4 Å². The summed E-state index contributed by atoms with van der Waals surface area (Å²) in [7, 11) is 2.79. The van der Waals surface area contributed by atoms with Crippen molar-refractivity contribution >= 4 is 23.3 Å². The number of hydrogen-bond donors (Lipinski definition) is 2. The number of halogens is 1. The van der Waals surface area contributed by atoms with E-state index in [-0.39, 0.29) is 10.7 Å². The van der Waals surface area contributed by atoms with E-state index in [0.717, 1.165) is 5.69 Å². The second-order valence-electron chi connectivity index (χ2n) is 6.34. The number of nitrogens with zero attached hydrogens (tertiary/aromatic N) is 1. The third-order valence-corrected chi connectivity index (χ3v) is 4.84. The number of hydrogen-bond acceptors (Lipinski definition) is 6. The Morgan fingerprint density at radius 3 is 2.31 bits per heavy atom. The van der Waals surface area contributed by atoms with Gasteiger partial charge in [0.1, 0.15) is 10.9 Å². The summed E-state index contributed by atoms with van der Waals surface area (Å²) in [5.41, 5.74) is -0.454. The van der Waals surface area contributed by atoms with Gasteiger partial charge in [-0.15, -0.1) is 0 Å². The van der Waals surface area contributed by atoms with Gasteiger partial charge in [0.15, 0.2) is 0 Å². The Balaban J connectivity index is 2.15. The van der Waals surface area contributed by atoms with Gasteiger partial charge in [-0.25, -0.2) is 9.78 Å². The number of carbonyl (C=O) groups is 1. The number of methoxy groups -OCH3 is 2. The molecule has 0 fully saturated rings. The molecular weight excluding hydrogens is 392 g/mol. The monoisotopic (exact) mass is 412 g/mol. The summed E-state index contributed by atoms with van der Waals surface area (Å²) in [6.45, 7) is 0. The third kappa shape index (κ3) is 4.34. The zero-order valence-corrected chi connectivity index (χ0v) is 16.8. The molecule has 1 aromatic heterocycles. The minimum atomic E-state index is -2.07. The molecule has 0 saturated heterocycles. The average molecular weight is 413 g/mol. The molecule has 3 aromatic rings. The molecule has 2 atom stereocenters. The maximum Gasteiger partial charge on any atom is 0.345 e. The highest BCUT2D eigenvalue weighted by Crippen LogP contribution is 2.39. The lowest BCUT2D eigenvalue weighted by atomic mass is 9.82. The summed E-state index contributed by atoms with van der Waals surface area (Å²) in [5, 5.41) is 15.2. The number of pyridine rings is 1. The van der Waals surface area contributed by atoms with Gasteiger partial charge >= 0.3 is 5.97 Å². The summed E-state index contributed by atoms with van der Waals surface area (Å²) in [6.07, 6.45) is 1.36. The predicted octanol–water partition coefficient (Wildman–Crippen LogP) is 3.96. The molecule has 6 nitrogen and oxygen atoms in total. The van der Waals surface area contributed by atoms with Gasteiger partial charge in [0.25, 0.3) is 0 Å². The molecule has 7 heteroatoms. The Kier molecular flexibility index (Phi) is 6.36. The van der Waals surface area contributed by atoms with Crippen molar-refractivity contribution in [2.45, 2.75) is 11.6 Å². The lowest BCUT2D eigenvalue weighted by Crippen LogP contribution is -2.45.